The molecule has 1 aromatic heterocycles. The molecule has 0 bridgehead atoms. The van der Waals surface area contributed by atoms with Gasteiger partial charge in [0.1, 0.15) is 0 Å². The topological polar surface area (TPSA) is 60.3 Å². The Morgan fingerprint density at radius 2 is 1.89 bits per heavy atom. The number of hydrogen-bond acceptors (Lipinski definition) is 3. The standard InChI is InChI=1S/C20H16BrClN2O3/c1-27-8-4-7-24-10-13(21)17-15(24)9-12(11-5-2-3-6-14(11)22)16-18(17)20(26)23-19(16)25/h2-3,5-6,9-10H,4,7-8H2,1H3,(H,23,25,26). The number of carbonyl (C=O) groups excluding carboxylic acids is 2. The van der Waals surface area contributed by atoms with E-state index in [0.29, 0.717) is 28.3 Å². The second-order valence-electron chi connectivity index (χ2n) is 6.35. The quantitative estimate of drug-likeness (QED) is 0.458. The van der Waals surface area contributed by atoms with Gasteiger partial charge in [0.25, 0.3) is 11.8 Å². The zero-order chi connectivity index (χ0) is 19.1. The van der Waals surface area contributed by atoms with Gasteiger partial charge in [-0.15, -0.1) is 0 Å². The second kappa shape index (κ2) is 7.11. The number of halogens is 2. The summed E-state index contributed by atoms with van der Waals surface area (Å²) in [5, 5.41) is 3.69. The maximum atomic E-state index is 12.6. The Hall–Kier alpha value is -2.15. The van der Waals surface area contributed by atoms with E-state index in [0.717, 1.165) is 33.9 Å². The first-order valence-corrected chi connectivity index (χ1v) is 9.65. The average molecular weight is 448 g/mol. The molecule has 2 amide bonds. The van der Waals surface area contributed by atoms with Crippen LogP contribution in [0.4, 0.5) is 0 Å². The number of carbonyl (C=O) groups is 2. The fraction of sp³-hybridized carbons (Fsp3) is 0.200. The Labute approximate surface area is 169 Å². The molecule has 2 heterocycles. The van der Waals surface area contributed by atoms with Gasteiger partial charge in [-0.05, 0) is 40.0 Å². The van der Waals surface area contributed by atoms with Crippen molar-refractivity contribution in [3.63, 3.8) is 0 Å². The number of methoxy groups -OCH3 is 1. The van der Waals surface area contributed by atoms with Crippen LogP contribution in [0.3, 0.4) is 0 Å². The second-order valence-corrected chi connectivity index (χ2v) is 7.61. The first-order valence-electron chi connectivity index (χ1n) is 8.47. The molecule has 1 N–H and O–H groups in total. The lowest BCUT2D eigenvalue weighted by Gasteiger charge is -2.12. The smallest absolute Gasteiger partial charge is 0.259 e. The number of fused-ring (bicyclic) bond motifs is 3. The van der Waals surface area contributed by atoms with Gasteiger partial charge in [0.15, 0.2) is 0 Å². The minimum Gasteiger partial charge on any atom is -0.385 e. The van der Waals surface area contributed by atoms with Crippen LogP contribution >= 0.6 is 27.5 Å². The third-order valence-electron chi connectivity index (χ3n) is 4.72. The Morgan fingerprint density at radius 1 is 1.15 bits per heavy atom. The monoisotopic (exact) mass is 446 g/mol. The summed E-state index contributed by atoms with van der Waals surface area (Å²) in [4.78, 5) is 25.1. The van der Waals surface area contributed by atoms with E-state index in [9.17, 15) is 9.59 Å². The van der Waals surface area contributed by atoms with Crippen LogP contribution in [-0.4, -0.2) is 30.1 Å². The van der Waals surface area contributed by atoms with E-state index >= 15 is 0 Å². The summed E-state index contributed by atoms with van der Waals surface area (Å²) in [6.07, 6.45) is 2.77. The summed E-state index contributed by atoms with van der Waals surface area (Å²) in [5.74, 6) is -0.782. The van der Waals surface area contributed by atoms with E-state index in [2.05, 4.69) is 25.8 Å². The maximum absolute atomic E-state index is 12.6. The number of rotatable bonds is 5. The van der Waals surface area contributed by atoms with Crippen molar-refractivity contribution in [2.24, 2.45) is 0 Å². The first kappa shape index (κ1) is 18.2. The van der Waals surface area contributed by atoms with Crippen LogP contribution in [0.5, 0.6) is 0 Å². The summed E-state index contributed by atoms with van der Waals surface area (Å²) >= 11 is 9.95. The van der Waals surface area contributed by atoms with Crippen LogP contribution in [0.15, 0.2) is 41.0 Å². The van der Waals surface area contributed by atoms with E-state index in [-0.39, 0.29) is 5.91 Å². The number of imide groups is 1. The lowest BCUT2D eigenvalue weighted by Crippen LogP contribution is -2.20. The molecule has 0 aliphatic carbocycles. The molecule has 1 aliphatic rings. The van der Waals surface area contributed by atoms with Crippen molar-refractivity contribution >= 4 is 50.2 Å². The van der Waals surface area contributed by atoms with Gasteiger partial charge in [-0.25, -0.2) is 0 Å². The highest BCUT2D eigenvalue weighted by molar-refractivity contribution is 9.10. The molecule has 0 unspecified atom stereocenters. The number of benzene rings is 2. The molecule has 0 atom stereocenters. The molecular formula is C20H16BrClN2O3. The van der Waals surface area contributed by atoms with Gasteiger partial charge in [-0.1, -0.05) is 29.8 Å². The minimum absolute atomic E-state index is 0.371. The van der Waals surface area contributed by atoms with Crippen molar-refractivity contribution in [1.29, 1.82) is 0 Å². The Kier molecular flexibility index (Phi) is 4.80. The van der Waals surface area contributed by atoms with Gasteiger partial charge in [0.05, 0.1) is 16.6 Å². The first-order chi connectivity index (χ1) is 13.0. The van der Waals surface area contributed by atoms with Crippen LogP contribution in [-0.2, 0) is 11.3 Å². The van der Waals surface area contributed by atoms with Gasteiger partial charge in [0, 0.05) is 46.9 Å². The van der Waals surface area contributed by atoms with Crippen molar-refractivity contribution < 1.29 is 14.3 Å². The summed E-state index contributed by atoms with van der Waals surface area (Å²) in [6.45, 7) is 1.37. The molecule has 5 nitrogen and oxygen atoms in total. The summed E-state index contributed by atoms with van der Waals surface area (Å²) < 4.78 is 7.99. The number of nitrogens with zero attached hydrogens (tertiary/aromatic N) is 1. The molecule has 0 saturated carbocycles. The zero-order valence-electron chi connectivity index (χ0n) is 14.5. The summed E-state index contributed by atoms with van der Waals surface area (Å²) in [5.41, 5.74) is 3.02. The lowest BCUT2D eigenvalue weighted by atomic mass is 9.94. The van der Waals surface area contributed by atoms with Gasteiger partial charge >= 0.3 is 0 Å². The molecule has 0 spiro atoms. The molecule has 0 saturated heterocycles. The molecule has 0 fully saturated rings. The molecule has 138 valence electrons. The predicted molar refractivity (Wildman–Crippen MR) is 108 cm³/mol. The molecule has 2 aromatic carbocycles. The van der Waals surface area contributed by atoms with Crippen molar-refractivity contribution in [3.8, 4) is 11.1 Å². The number of amides is 2. The van der Waals surface area contributed by atoms with Crippen LogP contribution < -0.4 is 5.32 Å². The van der Waals surface area contributed by atoms with Crippen LogP contribution in [0, 0.1) is 0 Å². The number of aryl methyl sites for hydroxylation is 1. The van der Waals surface area contributed by atoms with Gasteiger partial charge in [0.2, 0.25) is 0 Å². The minimum atomic E-state index is -0.397. The van der Waals surface area contributed by atoms with E-state index < -0.39 is 5.91 Å². The molecule has 1 aliphatic heterocycles. The maximum Gasteiger partial charge on any atom is 0.259 e. The van der Waals surface area contributed by atoms with Crippen molar-refractivity contribution in [3.05, 3.63) is 57.2 Å². The molecule has 4 rings (SSSR count). The van der Waals surface area contributed by atoms with Crippen LogP contribution in [0.1, 0.15) is 27.1 Å². The summed E-state index contributed by atoms with van der Waals surface area (Å²) in [7, 11) is 1.67. The van der Waals surface area contributed by atoms with Gasteiger partial charge in [-0.3, -0.25) is 14.9 Å². The molecule has 3 aromatic rings. The molecular weight excluding hydrogens is 432 g/mol. The summed E-state index contributed by atoms with van der Waals surface area (Å²) in [6, 6.07) is 9.26. The van der Waals surface area contributed by atoms with E-state index in [4.69, 9.17) is 16.3 Å². The average Bonchev–Trinajstić information content (AvgIpc) is 3.12. The third kappa shape index (κ3) is 2.98. The SMILES string of the molecule is COCCCn1cc(Br)c2c3c(c(-c4ccccc4Cl)cc21)C(=O)NC3=O. The van der Waals surface area contributed by atoms with Crippen LogP contribution in [0.2, 0.25) is 5.02 Å². The van der Waals surface area contributed by atoms with Gasteiger partial charge < -0.3 is 9.30 Å². The zero-order valence-corrected chi connectivity index (χ0v) is 16.9. The lowest BCUT2D eigenvalue weighted by molar-refractivity contribution is 0.0880. The molecule has 7 heteroatoms. The third-order valence-corrected chi connectivity index (χ3v) is 5.65. The highest BCUT2D eigenvalue weighted by Gasteiger charge is 2.34. The van der Waals surface area contributed by atoms with Crippen LogP contribution in [0.25, 0.3) is 22.0 Å². The Bertz CT molecular complexity index is 1090. The van der Waals surface area contributed by atoms with Gasteiger partial charge in [-0.2, -0.15) is 0 Å². The van der Waals surface area contributed by atoms with E-state index in [1.807, 2.05) is 30.5 Å². The Balaban J connectivity index is 2.03. The normalized spacial score (nSPS) is 13.3. The van der Waals surface area contributed by atoms with Crippen molar-refractivity contribution in [2.45, 2.75) is 13.0 Å². The fourth-order valence-corrected chi connectivity index (χ4v) is 4.44. The number of nitrogens with one attached hydrogen (secondary N) is 1. The number of aromatic nitrogens is 1. The molecule has 27 heavy (non-hydrogen) atoms. The number of hydrogen-bond donors (Lipinski definition) is 1. The van der Waals surface area contributed by atoms with E-state index in [1.165, 1.54) is 0 Å². The predicted octanol–water partition coefficient (Wildman–Crippen LogP) is 4.64. The highest BCUT2D eigenvalue weighted by Crippen LogP contribution is 2.41. The van der Waals surface area contributed by atoms with Crippen molar-refractivity contribution in [2.75, 3.05) is 13.7 Å². The highest BCUT2D eigenvalue weighted by atomic mass is 79.9. The fourth-order valence-electron chi connectivity index (χ4n) is 3.56. The largest absolute Gasteiger partial charge is 0.385 e. The van der Waals surface area contributed by atoms with E-state index in [1.54, 1.807) is 13.2 Å². The molecule has 0 radical (unpaired) electrons. The number of ether oxygens (including phenoxy) is 1. The van der Waals surface area contributed by atoms with Crippen molar-refractivity contribution in [1.82, 2.24) is 9.88 Å². The Morgan fingerprint density at radius 3 is 2.63 bits per heavy atom.